The van der Waals surface area contributed by atoms with Crippen LogP contribution in [0.2, 0.25) is 0 Å². The Labute approximate surface area is 265 Å². The topological polar surface area (TPSA) is 85.2 Å². The van der Waals surface area contributed by atoms with Gasteiger partial charge in [-0.05, 0) is 105 Å². The Balaban J connectivity index is 1.14. The first-order valence-electron chi connectivity index (χ1n) is 17.3. The van der Waals surface area contributed by atoms with Gasteiger partial charge in [-0.2, -0.15) is 0 Å². The fourth-order valence-electron chi connectivity index (χ4n) is 7.83. The van der Waals surface area contributed by atoms with E-state index < -0.39 is 0 Å². The number of carbonyl (C=O) groups excluding carboxylic acids is 1. The SMILES string of the molecule is CCCC1(C)C(O)CCC1C1CCc2ccc(O)cc2C(=O)[C@H]1CCCCOCCCCCOCCOCc1ccccc1. The fourth-order valence-corrected chi connectivity index (χ4v) is 7.83. The van der Waals surface area contributed by atoms with Crippen LogP contribution in [0.4, 0.5) is 0 Å². The Bertz CT molecular complexity index is 1120. The number of rotatable bonds is 19. The molecule has 0 bridgehead atoms. The number of hydrogen-bond donors (Lipinski definition) is 2. The molecule has 0 spiro atoms. The van der Waals surface area contributed by atoms with Gasteiger partial charge >= 0.3 is 0 Å². The van der Waals surface area contributed by atoms with Crippen molar-refractivity contribution in [3.05, 3.63) is 65.2 Å². The van der Waals surface area contributed by atoms with Gasteiger partial charge in [-0.25, -0.2) is 0 Å². The van der Waals surface area contributed by atoms with Gasteiger partial charge in [0.15, 0.2) is 5.78 Å². The lowest BCUT2D eigenvalue weighted by Gasteiger charge is -2.41. The molecule has 2 aromatic carbocycles. The van der Waals surface area contributed by atoms with Crippen LogP contribution in [-0.2, 0) is 27.2 Å². The number of aliphatic hydroxyl groups is 1. The monoisotopic (exact) mass is 608 g/mol. The summed E-state index contributed by atoms with van der Waals surface area (Å²) in [4.78, 5) is 14.0. The highest BCUT2D eigenvalue weighted by molar-refractivity contribution is 6.00. The van der Waals surface area contributed by atoms with E-state index in [2.05, 4.69) is 26.0 Å². The highest BCUT2D eigenvalue weighted by Crippen LogP contribution is 2.54. The zero-order valence-corrected chi connectivity index (χ0v) is 27.2. The predicted molar refractivity (Wildman–Crippen MR) is 175 cm³/mol. The lowest BCUT2D eigenvalue weighted by atomic mass is 9.64. The molecule has 2 aliphatic carbocycles. The summed E-state index contributed by atoms with van der Waals surface area (Å²) < 4.78 is 17.3. The first-order chi connectivity index (χ1) is 21.4. The molecule has 0 aromatic heterocycles. The fraction of sp³-hybridized carbons (Fsp3) is 0.658. The summed E-state index contributed by atoms with van der Waals surface area (Å²) in [6, 6.07) is 15.5. The van der Waals surface area contributed by atoms with Gasteiger partial charge < -0.3 is 24.4 Å². The molecule has 6 nitrogen and oxygen atoms in total. The van der Waals surface area contributed by atoms with Gasteiger partial charge in [-0.1, -0.05) is 63.1 Å². The minimum absolute atomic E-state index is 0.0757. The van der Waals surface area contributed by atoms with Crippen LogP contribution in [0.1, 0.15) is 106 Å². The highest BCUT2D eigenvalue weighted by atomic mass is 16.5. The van der Waals surface area contributed by atoms with Crippen LogP contribution in [0.15, 0.2) is 48.5 Å². The Morgan fingerprint density at radius 1 is 0.841 bits per heavy atom. The number of Topliss-reactive ketones (excluding diaryl/α,β-unsaturated/α-hetero) is 1. The number of aliphatic hydroxyl groups excluding tert-OH is 1. The zero-order valence-electron chi connectivity index (χ0n) is 27.2. The number of phenols is 1. The van der Waals surface area contributed by atoms with Gasteiger partial charge in [0.25, 0.3) is 0 Å². The lowest BCUT2D eigenvalue weighted by Crippen LogP contribution is -2.40. The second kappa shape index (κ2) is 18.0. The largest absolute Gasteiger partial charge is 0.508 e. The summed E-state index contributed by atoms with van der Waals surface area (Å²) in [5.74, 6) is 0.868. The van der Waals surface area contributed by atoms with Crippen LogP contribution in [0.3, 0.4) is 0 Å². The average molecular weight is 609 g/mol. The minimum Gasteiger partial charge on any atom is -0.508 e. The van der Waals surface area contributed by atoms with E-state index in [1.807, 2.05) is 24.3 Å². The van der Waals surface area contributed by atoms with Crippen molar-refractivity contribution in [1.82, 2.24) is 0 Å². The molecule has 4 unspecified atom stereocenters. The summed E-state index contributed by atoms with van der Waals surface area (Å²) in [6.07, 6.45) is 11.2. The number of ketones is 1. The number of aryl methyl sites for hydroxylation is 1. The van der Waals surface area contributed by atoms with Crippen molar-refractivity contribution >= 4 is 5.78 Å². The molecule has 0 aliphatic heterocycles. The number of fused-ring (bicyclic) bond motifs is 1. The predicted octanol–water partition coefficient (Wildman–Crippen LogP) is 7.92. The summed E-state index contributed by atoms with van der Waals surface area (Å²) in [5, 5.41) is 21.2. The maximum atomic E-state index is 14.0. The standard InChI is InChI=1S/C38H56O6/c1-3-21-38(2)35(19-20-36(38)40)32-18-16-30-15-17-31(39)27-34(30)37(41)33(32)14-8-11-24-42-22-9-5-10-23-43-25-26-44-28-29-12-6-4-7-13-29/h4,6-7,12-13,15,17,27,32-33,35-36,39-40H,3,5,8-11,14,16,18-26,28H2,1-2H3/t32?,33-,35?,36?,38?/m0/s1. The first kappa shape index (κ1) is 34.6. The number of phenolic OH excluding ortho intramolecular Hbond substituents is 1. The molecule has 0 heterocycles. The lowest BCUT2D eigenvalue weighted by molar-refractivity contribution is 0.000735. The summed E-state index contributed by atoms with van der Waals surface area (Å²) in [7, 11) is 0. The Hall–Kier alpha value is -2.25. The van der Waals surface area contributed by atoms with Gasteiger partial charge in [0.2, 0.25) is 0 Å². The van der Waals surface area contributed by atoms with Crippen molar-refractivity contribution in [2.24, 2.45) is 23.2 Å². The molecule has 1 saturated carbocycles. The molecule has 2 aliphatic rings. The Kier molecular flexibility index (Phi) is 14.2. The molecule has 0 radical (unpaired) electrons. The van der Waals surface area contributed by atoms with Crippen molar-refractivity contribution in [3.63, 3.8) is 0 Å². The second-order valence-corrected chi connectivity index (χ2v) is 13.3. The third-order valence-corrected chi connectivity index (χ3v) is 10.2. The Morgan fingerprint density at radius 2 is 1.55 bits per heavy atom. The molecule has 44 heavy (non-hydrogen) atoms. The van der Waals surface area contributed by atoms with Crippen LogP contribution < -0.4 is 0 Å². The number of hydrogen-bond acceptors (Lipinski definition) is 6. The molecule has 2 N–H and O–H groups in total. The molecule has 5 atom stereocenters. The first-order valence-corrected chi connectivity index (χ1v) is 17.3. The van der Waals surface area contributed by atoms with Crippen molar-refractivity contribution in [2.45, 2.75) is 104 Å². The van der Waals surface area contributed by atoms with Crippen LogP contribution in [0.5, 0.6) is 5.75 Å². The van der Waals surface area contributed by atoms with Crippen molar-refractivity contribution in [3.8, 4) is 5.75 Å². The number of aromatic hydroxyl groups is 1. The minimum atomic E-state index is -0.295. The number of carbonyl (C=O) groups is 1. The molecular weight excluding hydrogens is 552 g/mol. The van der Waals surface area contributed by atoms with Crippen molar-refractivity contribution in [1.29, 1.82) is 0 Å². The third kappa shape index (κ3) is 9.62. The van der Waals surface area contributed by atoms with Crippen molar-refractivity contribution in [2.75, 3.05) is 33.0 Å². The van der Waals surface area contributed by atoms with Crippen molar-refractivity contribution < 1.29 is 29.2 Å². The quantitative estimate of drug-likeness (QED) is 0.124. The molecule has 2 aromatic rings. The third-order valence-electron chi connectivity index (χ3n) is 10.2. The number of ether oxygens (including phenoxy) is 3. The van der Waals surface area contributed by atoms with E-state index in [4.69, 9.17) is 14.2 Å². The zero-order chi connectivity index (χ0) is 31.2. The normalized spacial score (nSPS) is 25.2. The molecule has 1 fully saturated rings. The molecule has 244 valence electrons. The Morgan fingerprint density at radius 3 is 2.30 bits per heavy atom. The smallest absolute Gasteiger partial charge is 0.166 e. The number of unbranched alkanes of at least 4 members (excludes halogenated alkanes) is 3. The maximum Gasteiger partial charge on any atom is 0.166 e. The highest BCUT2D eigenvalue weighted by Gasteiger charge is 2.51. The molecule has 0 saturated heterocycles. The molecular formula is C38H56O6. The van der Waals surface area contributed by atoms with E-state index in [-0.39, 0.29) is 34.9 Å². The summed E-state index contributed by atoms with van der Waals surface area (Å²) in [6.45, 7) is 8.54. The van der Waals surface area contributed by atoms with Crippen LogP contribution in [0.25, 0.3) is 0 Å². The van der Waals surface area contributed by atoms with E-state index >= 15 is 0 Å². The average Bonchev–Trinajstić information content (AvgIpc) is 3.24. The number of benzene rings is 2. The molecule has 4 rings (SSSR count). The van der Waals surface area contributed by atoms with Gasteiger partial charge in [0, 0.05) is 31.3 Å². The van der Waals surface area contributed by atoms with E-state index in [0.29, 0.717) is 37.9 Å². The van der Waals surface area contributed by atoms with Crippen LogP contribution in [-0.4, -0.2) is 55.1 Å². The van der Waals surface area contributed by atoms with Gasteiger partial charge in [-0.15, -0.1) is 0 Å². The van der Waals surface area contributed by atoms with Gasteiger partial charge in [0.1, 0.15) is 5.75 Å². The van der Waals surface area contributed by atoms with Gasteiger partial charge in [0.05, 0.1) is 25.9 Å². The van der Waals surface area contributed by atoms with Gasteiger partial charge in [-0.3, -0.25) is 4.79 Å². The molecule has 0 amide bonds. The molecule has 6 heteroatoms. The van der Waals surface area contributed by atoms with E-state index in [1.165, 1.54) is 5.56 Å². The summed E-state index contributed by atoms with van der Waals surface area (Å²) >= 11 is 0. The van der Waals surface area contributed by atoms with E-state index in [9.17, 15) is 15.0 Å². The van der Waals surface area contributed by atoms with Crippen LogP contribution >= 0.6 is 0 Å². The van der Waals surface area contributed by atoms with Crippen LogP contribution in [0, 0.1) is 23.2 Å². The summed E-state index contributed by atoms with van der Waals surface area (Å²) in [5.41, 5.74) is 2.80. The second-order valence-electron chi connectivity index (χ2n) is 13.3. The van der Waals surface area contributed by atoms with E-state index in [1.54, 1.807) is 12.1 Å². The van der Waals surface area contributed by atoms with E-state index in [0.717, 1.165) is 95.8 Å². The maximum absolute atomic E-state index is 14.0.